The second-order valence-corrected chi connectivity index (χ2v) is 4.28. The van der Waals surface area contributed by atoms with Crippen LogP contribution in [0.25, 0.3) is 0 Å². The Morgan fingerprint density at radius 3 is 2.67 bits per heavy atom. The number of aliphatic hydroxyl groups is 1. The van der Waals surface area contributed by atoms with Crippen molar-refractivity contribution in [1.82, 2.24) is 10.6 Å². The van der Waals surface area contributed by atoms with E-state index in [1.807, 2.05) is 12.1 Å². The molecule has 1 aromatic carbocycles. The minimum atomic E-state index is -1.03. The molecule has 0 atom stereocenters. The van der Waals surface area contributed by atoms with Crippen LogP contribution in [0, 0.1) is 0 Å². The van der Waals surface area contributed by atoms with Crippen molar-refractivity contribution in [3.05, 3.63) is 23.8 Å². The minimum Gasteiger partial charge on any atom is -0.493 e. The zero-order valence-electron chi connectivity index (χ0n) is 12.1. The van der Waals surface area contributed by atoms with Crippen LogP contribution in [0.15, 0.2) is 18.2 Å². The van der Waals surface area contributed by atoms with Crippen molar-refractivity contribution in [2.24, 2.45) is 0 Å². The van der Waals surface area contributed by atoms with E-state index in [1.54, 1.807) is 6.07 Å². The van der Waals surface area contributed by atoms with Crippen molar-refractivity contribution in [2.45, 2.75) is 6.54 Å². The van der Waals surface area contributed by atoms with Gasteiger partial charge in [0.2, 0.25) is 0 Å². The van der Waals surface area contributed by atoms with Crippen LogP contribution >= 0.6 is 0 Å². The van der Waals surface area contributed by atoms with E-state index in [0.717, 1.165) is 18.7 Å². The van der Waals surface area contributed by atoms with Crippen molar-refractivity contribution in [1.29, 1.82) is 0 Å². The highest BCUT2D eigenvalue weighted by molar-refractivity contribution is 5.68. The maximum atomic E-state index is 10.6. The monoisotopic (exact) mass is 298 g/mol. The molecule has 1 rings (SSSR count). The van der Waals surface area contributed by atoms with Gasteiger partial charge in [0.1, 0.15) is 0 Å². The van der Waals surface area contributed by atoms with Crippen LogP contribution < -0.4 is 20.1 Å². The van der Waals surface area contributed by atoms with Gasteiger partial charge >= 0.3 is 5.97 Å². The van der Waals surface area contributed by atoms with Gasteiger partial charge in [-0.15, -0.1) is 0 Å². The third-order valence-corrected chi connectivity index (χ3v) is 2.70. The number of nitrogens with one attached hydrogen (secondary N) is 2. The molecule has 0 aliphatic rings. The molecule has 7 heteroatoms. The van der Waals surface area contributed by atoms with E-state index in [1.165, 1.54) is 7.11 Å². The lowest BCUT2D eigenvalue weighted by molar-refractivity contribution is -0.139. The number of hydrogen-bond acceptors (Lipinski definition) is 6. The first-order chi connectivity index (χ1) is 10.2. The van der Waals surface area contributed by atoms with Crippen LogP contribution in [-0.4, -0.2) is 56.1 Å². The van der Waals surface area contributed by atoms with Crippen LogP contribution in [0.3, 0.4) is 0 Å². The Morgan fingerprint density at radius 2 is 2.00 bits per heavy atom. The molecule has 0 saturated carbocycles. The molecular formula is C14H22N2O5. The van der Waals surface area contributed by atoms with E-state index in [0.29, 0.717) is 24.6 Å². The molecule has 0 radical (unpaired) electrons. The Hall–Kier alpha value is -1.83. The lowest BCUT2D eigenvalue weighted by atomic mass is 10.2. The number of para-hydroxylation sites is 1. The fraction of sp³-hybridized carbons (Fsp3) is 0.500. The molecule has 0 aromatic heterocycles. The maximum Gasteiger partial charge on any atom is 0.341 e. The van der Waals surface area contributed by atoms with Crippen LogP contribution in [0.5, 0.6) is 11.5 Å². The van der Waals surface area contributed by atoms with Gasteiger partial charge in [0, 0.05) is 31.7 Å². The third-order valence-electron chi connectivity index (χ3n) is 2.70. The number of hydrogen-bond donors (Lipinski definition) is 4. The topological polar surface area (TPSA) is 100 Å². The quantitative estimate of drug-likeness (QED) is 0.421. The smallest absolute Gasteiger partial charge is 0.341 e. The van der Waals surface area contributed by atoms with E-state index in [9.17, 15) is 4.79 Å². The van der Waals surface area contributed by atoms with E-state index in [2.05, 4.69) is 10.6 Å². The molecule has 0 amide bonds. The molecule has 0 aliphatic carbocycles. The summed E-state index contributed by atoms with van der Waals surface area (Å²) in [4.78, 5) is 10.6. The molecule has 0 saturated heterocycles. The Balaban J connectivity index is 2.56. The zero-order chi connectivity index (χ0) is 15.5. The van der Waals surface area contributed by atoms with E-state index >= 15 is 0 Å². The summed E-state index contributed by atoms with van der Waals surface area (Å²) >= 11 is 0. The Bertz CT molecular complexity index is 439. The molecule has 4 N–H and O–H groups in total. The van der Waals surface area contributed by atoms with Crippen LogP contribution in [0.2, 0.25) is 0 Å². The molecule has 0 unspecified atom stereocenters. The Labute approximate surface area is 123 Å². The summed E-state index contributed by atoms with van der Waals surface area (Å²) in [5.41, 5.74) is 0.831. The van der Waals surface area contributed by atoms with Crippen molar-refractivity contribution in [3.8, 4) is 11.5 Å². The van der Waals surface area contributed by atoms with Crippen LogP contribution in [-0.2, 0) is 11.3 Å². The van der Waals surface area contributed by atoms with Gasteiger partial charge in [0.05, 0.1) is 13.7 Å². The molecule has 0 bridgehead atoms. The number of benzene rings is 1. The van der Waals surface area contributed by atoms with Gasteiger partial charge in [-0.1, -0.05) is 12.1 Å². The van der Waals surface area contributed by atoms with Gasteiger partial charge in [-0.2, -0.15) is 0 Å². The number of carbonyl (C=O) groups is 1. The van der Waals surface area contributed by atoms with Gasteiger partial charge in [0.15, 0.2) is 18.1 Å². The van der Waals surface area contributed by atoms with Gasteiger partial charge in [-0.05, 0) is 6.07 Å². The molecule has 21 heavy (non-hydrogen) atoms. The highest BCUT2D eigenvalue weighted by Crippen LogP contribution is 2.30. The minimum absolute atomic E-state index is 0.114. The Kier molecular flexibility index (Phi) is 8.18. The predicted octanol–water partition coefficient (Wildman–Crippen LogP) is -0.170. The number of ether oxygens (including phenoxy) is 2. The van der Waals surface area contributed by atoms with Gasteiger partial charge in [-0.3, -0.25) is 0 Å². The standard InChI is InChI=1S/C14H22N2O5/c1-20-12-4-2-3-11(14(12)21-10-13(18)19)9-16-6-5-15-7-8-17/h2-4,15-17H,5-10H2,1H3,(H,18,19). The van der Waals surface area contributed by atoms with E-state index in [-0.39, 0.29) is 6.61 Å². The summed E-state index contributed by atoms with van der Waals surface area (Å²) in [5.74, 6) is -0.0832. The summed E-state index contributed by atoms with van der Waals surface area (Å²) in [5, 5.41) is 23.6. The number of rotatable bonds is 11. The largest absolute Gasteiger partial charge is 0.493 e. The average Bonchev–Trinajstić information content (AvgIpc) is 2.48. The first-order valence-electron chi connectivity index (χ1n) is 6.71. The first-order valence-corrected chi connectivity index (χ1v) is 6.71. The summed E-state index contributed by atoms with van der Waals surface area (Å²) in [6, 6.07) is 5.41. The van der Waals surface area contributed by atoms with Crippen molar-refractivity contribution >= 4 is 5.97 Å². The number of methoxy groups -OCH3 is 1. The van der Waals surface area contributed by atoms with Gasteiger partial charge in [-0.25, -0.2) is 4.79 Å². The van der Waals surface area contributed by atoms with Gasteiger partial charge in [0.25, 0.3) is 0 Å². The normalized spacial score (nSPS) is 10.4. The van der Waals surface area contributed by atoms with E-state index < -0.39 is 12.6 Å². The van der Waals surface area contributed by atoms with Crippen molar-refractivity contribution < 1.29 is 24.5 Å². The number of carboxylic acid groups (broad SMARTS) is 1. The fourth-order valence-electron chi connectivity index (χ4n) is 1.76. The zero-order valence-corrected chi connectivity index (χ0v) is 12.1. The average molecular weight is 298 g/mol. The predicted molar refractivity (Wildman–Crippen MR) is 77.8 cm³/mol. The molecule has 0 fully saturated rings. The summed E-state index contributed by atoms with van der Waals surface area (Å²) in [6.07, 6.45) is 0. The summed E-state index contributed by atoms with van der Waals surface area (Å²) in [7, 11) is 1.51. The summed E-state index contributed by atoms with van der Waals surface area (Å²) < 4.78 is 10.5. The fourth-order valence-corrected chi connectivity index (χ4v) is 1.76. The molecule has 0 heterocycles. The molecule has 0 aliphatic heterocycles. The number of aliphatic carboxylic acids is 1. The lowest BCUT2D eigenvalue weighted by Gasteiger charge is -2.14. The van der Waals surface area contributed by atoms with Crippen molar-refractivity contribution in [2.75, 3.05) is 40.0 Å². The van der Waals surface area contributed by atoms with Gasteiger partial charge < -0.3 is 30.3 Å². The highest BCUT2D eigenvalue weighted by atomic mass is 16.5. The maximum absolute atomic E-state index is 10.6. The SMILES string of the molecule is COc1cccc(CNCCNCCO)c1OCC(=O)O. The third kappa shape index (κ3) is 6.44. The number of carboxylic acids is 1. The lowest BCUT2D eigenvalue weighted by Crippen LogP contribution is -2.29. The second-order valence-electron chi connectivity index (χ2n) is 4.28. The second kappa shape index (κ2) is 9.98. The van der Waals surface area contributed by atoms with Crippen molar-refractivity contribution in [3.63, 3.8) is 0 Å². The Morgan fingerprint density at radius 1 is 1.24 bits per heavy atom. The van der Waals surface area contributed by atoms with Crippen LogP contribution in [0.1, 0.15) is 5.56 Å². The summed E-state index contributed by atoms with van der Waals surface area (Å²) in [6.45, 7) is 2.25. The molecule has 7 nitrogen and oxygen atoms in total. The highest BCUT2D eigenvalue weighted by Gasteiger charge is 2.11. The number of aliphatic hydroxyl groups excluding tert-OH is 1. The molecule has 0 spiro atoms. The molecular weight excluding hydrogens is 276 g/mol. The van der Waals surface area contributed by atoms with Crippen LogP contribution in [0.4, 0.5) is 0 Å². The van der Waals surface area contributed by atoms with E-state index in [4.69, 9.17) is 19.7 Å². The molecule has 1 aromatic rings. The molecule has 118 valence electrons. The first kappa shape index (κ1) is 17.2.